The number of esters is 1. The monoisotopic (exact) mass is 490 g/mol. The standard InChI is InChI=1S/C27H27FN4O4/c1-4-35-26(33)27(21-8-10-22(28)11-9-21)32-13-5-6-20(25(32)30-36-27)14-19-7-12-23(24(15-19)34-3)31-16-18(2)29-17-31/h7-12,14-17H,4-6,13H2,1-3H3. The van der Waals surface area contributed by atoms with Crippen LogP contribution in [0.3, 0.4) is 0 Å². The number of fused-ring (bicyclic) bond motifs is 1. The normalized spacial score (nSPS) is 20.1. The highest BCUT2D eigenvalue weighted by Crippen LogP contribution is 2.41. The van der Waals surface area contributed by atoms with E-state index in [1.165, 1.54) is 24.3 Å². The van der Waals surface area contributed by atoms with Crippen LogP contribution >= 0.6 is 0 Å². The maximum Gasteiger partial charge on any atom is 0.380 e. The highest BCUT2D eigenvalue weighted by molar-refractivity contribution is 6.06. The summed E-state index contributed by atoms with van der Waals surface area (Å²) in [7, 11) is 1.63. The van der Waals surface area contributed by atoms with Crippen LogP contribution in [0.25, 0.3) is 11.8 Å². The number of amidine groups is 1. The number of carbonyl (C=O) groups is 1. The minimum atomic E-state index is -1.60. The summed E-state index contributed by atoms with van der Waals surface area (Å²) in [6.07, 6.45) is 7.24. The summed E-state index contributed by atoms with van der Waals surface area (Å²) in [5.41, 5.74) is 2.49. The highest BCUT2D eigenvalue weighted by atomic mass is 19.1. The first-order valence-corrected chi connectivity index (χ1v) is 11.8. The van der Waals surface area contributed by atoms with Crippen LogP contribution in [-0.4, -0.2) is 46.5 Å². The molecule has 0 N–H and O–H groups in total. The molecular formula is C27H27FN4O4. The Labute approximate surface area is 208 Å². The zero-order valence-electron chi connectivity index (χ0n) is 20.4. The molecule has 5 rings (SSSR count). The molecular weight excluding hydrogens is 463 g/mol. The molecule has 2 aromatic carbocycles. The molecule has 3 heterocycles. The van der Waals surface area contributed by atoms with Gasteiger partial charge in [0.15, 0.2) is 5.84 Å². The van der Waals surface area contributed by atoms with Crippen LogP contribution in [0.1, 0.15) is 36.6 Å². The van der Waals surface area contributed by atoms with Crippen molar-refractivity contribution in [2.24, 2.45) is 5.16 Å². The smallest absolute Gasteiger partial charge is 0.380 e. The fourth-order valence-electron chi connectivity index (χ4n) is 4.66. The number of benzene rings is 2. The van der Waals surface area contributed by atoms with Crippen molar-refractivity contribution in [2.45, 2.75) is 32.4 Å². The van der Waals surface area contributed by atoms with Crippen molar-refractivity contribution >= 4 is 17.9 Å². The third-order valence-electron chi connectivity index (χ3n) is 6.34. The Bertz CT molecular complexity index is 1350. The van der Waals surface area contributed by atoms with Crippen molar-refractivity contribution in [3.05, 3.63) is 83.2 Å². The predicted molar refractivity (Wildman–Crippen MR) is 132 cm³/mol. The summed E-state index contributed by atoms with van der Waals surface area (Å²) in [5, 5.41) is 4.34. The summed E-state index contributed by atoms with van der Waals surface area (Å²) < 4.78 is 26.6. The third kappa shape index (κ3) is 4.00. The SMILES string of the molecule is CCOC(=O)C1(c2ccc(F)cc2)ON=C2C(=Cc3ccc(-n4cnc(C)c4)c(OC)c3)CCCN21. The lowest BCUT2D eigenvalue weighted by atomic mass is 9.94. The molecule has 0 amide bonds. The summed E-state index contributed by atoms with van der Waals surface area (Å²) in [6.45, 7) is 4.38. The summed E-state index contributed by atoms with van der Waals surface area (Å²) >= 11 is 0. The zero-order valence-corrected chi connectivity index (χ0v) is 20.4. The molecule has 1 unspecified atom stereocenters. The lowest BCUT2D eigenvalue weighted by Crippen LogP contribution is -2.54. The van der Waals surface area contributed by atoms with Gasteiger partial charge in [0.1, 0.15) is 11.6 Å². The van der Waals surface area contributed by atoms with Crippen molar-refractivity contribution in [3.63, 3.8) is 0 Å². The molecule has 1 saturated heterocycles. The zero-order chi connectivity index (χ0) is 25.3. The Morgan fingerprint density at radius 1 is 1.25 bits per heavy atom. The molecule has 0 radical (unpaired) electrons. The molecule has 0 spiro atoms. The van der Waals surface area contributed by atoms with Gasteiger partial charge in [-0.3, -0.25) is 0 Å². The molecule has 2 aliphatic heterocycles. The van der Waals surface area contributed by atoms with E-state index in [4.69, 9.17) is 14.3 Å². The Morgan fingerprint density at radius 2 is 2.06 bits per heavy atom. The van der Waals surface area contributed by atoms with Crippen molar-refractivity contribution < 1.29 is 23.5 Å². The van der Waals surface area contributed by atoms with Crippen LogP contribution in [-0.2, 0) is 20.1 Å². The molecule has 0 bridgehead atoms. The van der Waals surface area contributed by atoms with Gasteiger partial charge in [-0.25, -0.2) is 14.2 Å². The van der Waals surface area contributed by atoms with E-state index in [0.717, 1.165) is 35.4 Å². The van der Waals surface area contributed by atoms with Crippen molar-refractivity contribution in [3.8, 4) is 11.4 Å². The van der Waals surface area contributed by atoms with Crippen LogP contribution in [0.5, 0.6) is 5.75 Å². The number of piperidine rings is 1. The first kappa shape index (κ1) is 23.6. The van der Waals surface area contributed by atoms with Gasteiger partial charge in [0.25, 0.3) is 0 Å². The van der Waals surface area contributed by atoms with E-state index < -0.39 is 17.5 Å². The number of hydrogen-bond acceptors (Lipinski definition) is 7. The number of ether oxygens (including phenoxy) is 2. The van der Waals surface area contributed by atoms with E-state index in [2.05, 4.69) is 10.1 Å². The van der Waals surface area contributed by atoms with Gasteiger partial charge in [0, 0.05) is 18.3 Å². The molecule has 1 fully saturated rings. The van der Waals surface area contributed by atoms with Gasteiger partial charge in [-0.15, -0.1) is 0 Å². The van der Waals surface area contributed by atoms with Gasteiger partial charge in [-0.05, 0) is 80.3 Å². The van der Waals surface area contributed by atoms with Gasteiger partial charge >= 0.3 is 11.7 Å². The maximum atomic E-state index is 13.7. The van der Waals surface area contributed by atoms with Gasteiger partial charge in [0.2, 0.25) is 0 Å². The Hall–Kier alpha value is -4.14. The molecule has 9 heteroatoms. The molecule has 1 atom stereocenters. The lowest BCUT2D eigenvalue weighted by Gasteiger charge is -2.37. The molecule has 1 aromatic heterocycles. The van der Waals surface area contributed by atoms with E-state index >= 15 is 0 Å². The molecule has 186 valence electrons. The second-order valence-corrected chi connectivity index (χ2v) is 8.66. The summed E-state index contributed by atoms with van der Waals surface area (Å²) in [5.74, 6) is 0.274. The summed E-state index contributed by atoms with van der Waals surface area (Å²) in [6, 6.07) is 11.6. The molecule has 2 aliphatic rings. The lowest BCUT2D eigenvalue weighted by molar-refractivity contribution is -0.189. The van der Waals surface area contributed by atoms with Gasteiger partial charge in [0.05, 0.1) is 31.4 Å². The van der Waals surface area contributed by atoms with E-state index in [-0.39, 0.29) is 6.61 Å². The van der Waals surface area contributed by atoms with Gasteiger partial charge in [-0.1, -0.05) is 11.2 Å². The minimum Gasteiger partial charge on any atom is -0.495 e. The Morgan fingerprint density at radius 3 is 2.75 bits per heavy atom. The number of hydrogen-bond donors (Lipinski definition) is 0. The van der Waals surface area contributed by atoms with E-state index in [9.17, 15) is 9.18 Å². The summed E-state index contributed by atoms with van der Waals surface area (Å²) in [4.78, 5) is 25.2. The number of aromatic nitrogens is 2. The quantitative estimate of drug-likeness (QED) is 0.471. The Kier molecular flexibility index (Phi) is 6.22. The minimum absolute atomic E-state index is 0.180. The number of imidazole rings is 1. The van der Waals surface area contributed by atoms with Crippen molar-refractivity contribution in [1.82, 2.24) is 14.5 Å². The average Bonchev–Trinajstić information content (AvgIpc) is 3.50. The number of oxime groups is 1. The van der Waals surface area contributed by atoms with Crippen molar-refractivity contribution in [2.75, 3.05) is 20.3 Å². The van der Waals surface area contributed by atoms with Gasteiger partial charge < -0.3 is 23.8 Å². The highest BCUT2D eigenvalue weighted by Gasteiger charge is 2.57. The molecule has 0 aliphatic carbocycles. The van der Waals surface area contributed by atoms with Crippen LogP contribution in [0.15, 0.2) is 65.7 Å². The number of methoxy groups -OCH3 is 1. The second kappa shape index (κ2) is 9.49. The first-order chi connectivity index (χ1) is 17.5. The average molecular weight is 491 g/mol. The van der Waals surface area contributed by atoms with Crippen LogP contribution in [0.2, 0.25) is 0 Å². The van der Waals surface area contributed by atoms with Gasteiger partial charge in [-0.2, -0.15) is 0 Å². The van der Waals surface area contributed by atoms with Crippen LogP contribution < -0.4 is 4.74 Å². The molecule has 8 nitrogen and oxygen atoms in total. The molecule has 0 saturated carbocycles. The molecule has 3 aromatic rings. The number of nitrogens with zero attached hydrogens (tertiary/aromatic N) is 4. The topological polar surface area (TPSA) is 78.2 Å². The van der Waals surface area contributed by atoms with E-state index in [0.29, 0.717) is 23.7 Å². The predicted octanol–water partition coefficient (Wildman–Crippen LogP) is 4.57. The third-order valence-corrected chi connectivity index (χ3v) is 6.34. The van der Waals surface area contributed by atoms with Crippen molar-refractivity contribution in [1.29, 1.82) is 0 Å². The number of aryl methyl sites for hydroxylation is 1. The number of halogens is 1. The van der Waals surface area contributed by atoms with Crippen LogP contribution in [0, 0.1) is 12.7 Å². The Balaban J connectivity index is 1.50. The van der Waals surface area contributed by atoms with E-state index in [1.807, 2.05) is 46.9 Å². The first-order valence-electron chi connectivity index (χ1n) is 11.8. The van der Waals surface area contributed by atoms with Crippen LogP contribution in [0.4, 0.5) is 4.39 Å². The largest absolute Gasteiger partial charge is 0.495 e. The fourth-order valence-corrected chi connectivity index (χ4v) is 4.66. The fraction of sp³-hybridized carbons (Fsp3) is 0.296. The second-order valence-electron chi connectivity index (χ2n) is 8.66. The maximum absolute atomic E-state index is 13.7. The number of carbonyl (C=O) groups excluding carboxylic acids is 1. The number of rotatable bonds is 6. The molecule has 36 heavy (non-hydrogen) atoms. The van der Waals surface area contributed by atoms with E-state index in [1.54, 1.807) is 20.4 Å².